The molecule has 4 rings (SSSR count). The van der Waals surface area contributed by atoms with Crippen LogP contribution in [0.2, 0.25) is 0 Å². The summed E-state index contributed by atoms with van der Waals surface area (Å²) in [6.45, 7) is 0.564. The van der Waals surface area contributed by atoms with Crippen molar-refractivity contribution in [2.75, 3.05) is 0 Å². The van der Waals surface area contributed by atoms with Gasteiger partial charge in [-0.25, -0.2) is 13.8 Å². The van der Waals surface area contributed by atoms with E-state index < -0.39 is 0 Å². The van der Waals surface area contributed by atoms with Gasteiger partial charge in [0.25, 0.3) is 0 Å². The number of rotatable bonds is 4. The molecule has 0 N–H and O–H groups in total. The lowest BCUT2D eigenvalue weighted by Crippen LogP contribution is -2.01. The summed E-state index contributed by atoms with van der Waals surface area (Å²) >= 11 is 0. The van der Waals surface area contributed by atoms with Crippen LogP contribution in [0.4, 0.5) is 8.78 Å². The van der Waals surface area contributed by atoms with Crippen molar-refractivity contribution in [3.05, 3.63) is 103 Å². The molecule has 1 heterocycles. The molecule has 4 heteroatoms. The van der Waals surface area contributed by atoms with Crippen LogP contribution in [0.25, 0.3) is 22.3 Å². The highest BCUT2D eigenvalue weighted by Gasteiger charge is 2.15. The van der Waals surface area contributed by atoms with Crippen molar-refractivity contribution >= 4 is 0 Å². The van der Waals surface area contributed by atoms with Gasteiger partial charge in [-0.05, 0) is 40.5 Å². The van der Waals surface area contributed by atoms with Gasteiger partial charge in [0.15, 0.2) is 0 Å². The van der Waals surface area contributed by atoms with Gasteiger partial charge in [0, 0.05) is 24.5 Å². The zero-order valence-electron chi connectivity index (χ0n) is 13.9. The Labute approximate surface area is 150 Å². The van der Waals surface area contributed by atoms with E-state index in [4.69, 9.17) is 0 Å². The van der Waals surface area contributed by atoms with Crippen molar-refractivity contribution in [1.29, 1.82) is 0 Å². The Kier molecular flexibility index (Phi) is 4.32. The van der Waals surface area contributed by atoms with Crippen LogP contribution in [-0.4, -0.2) is 9.55 Å². The summed E-state index contributed by atoms with van der Waals surface area (Å²) in [5.41, 5.74) is 3.75. The molecule has 0 aliphatic carbocycles. The van der Waals surface area contributed by atoms with Crippen LogP contribution in [0.15, 0.2) is 85.5 Å². The first-order valence-electron chi connectivity index (χ1n) is 8.31. The summed E-state index contributed by atoms with van der Waals surface area (Å²) in [6.07, 6.45) is 5.30. The summed E-state index contributed by atoms with van der Waals surface area (Å²) < 4.78 is 30.3. The summed E-state index contributed by atoms with van der Waals surface area (Å²) in [6, 6.07) is 18.8. The third-order valence-corrected chi connectivity index (χ3v) is 4.34. The lowest BCUT2D eigenvalue weighted by atomic mass is 9.90. The standard InChI is InChI=1S/C22H16F2N2/c23-18-7-3-5-16(13-18)22-17(14-26-12-11-25-15-26)6-4-9-20(22)19-8-1-2-10-21(19)24/h1-13,15H,14H2. The van der Waals surface area contributed by atoms with Crippen LogP contribution >= 0.6 is 0 Å². The number of aromatic nitrogens is 2. The van der Waals surface area contributed by atoms with Gasteiger partial charge in [-0.3, -0.25) is 0 Å². The van der Waals surface area contributed by atoms with Crippen LogP contribution in [0.1, 0.15) is 5.56 Å². The van der Waals surface area contributed by atoms with E-state index in [1.54, 1.807) is 36.8 Å². The highest BCUT2D eigenvalue weighted by molar-refractivity contribution is 5.86. The predicted octanol–water partition coefficient (Wildman–Crippen LogP) is 5.54. The average Bonchev–Trinajstić information content (AvgIpc) is 3.15. The van der Waals surface area contributed by atoms with Crippen LogP contribution in [0.5, 0.6) is 0 Å². The van der Waals surface area contributed by atoms with Gasteiger partial charge in [-0.1, -0.05) is 48.5 Å². The van der Waals surface area contributed by atoms with Crippen molar-refractivity contribution in [3.63, 3.8) is 0 Å². The van der Waals surface area contributed by atoms with Crippen LogP contribution in [0, 0.1) is 11.6 Å². The molecule has 3 aromatic carbocycles. The van der Waals surface area contributed by atoms with Crippen molar-refractivity contribution < 1.29 is 8.78 Å². The van der Waals surface area contributed by atoms with Gasteiger partial charge in [0.2, 0.25) is 0 Å². The van der Waals surface area contributed by atoms with Crippen LogP contribution in [0.3, 0.4) is 0 Å². The molecule has 0 spiro atoms. The first-order valence-corrected chi connectivity index (χ1v) is 8.31. The summed E-state index contributed by atoms with van der Waals surface area (Å²) in [4.78, 5) is 4.07. The molecule has 0 fully saturated rings. The van der Waals surface area contributed by atoms with E-state index >= 15 is 0 Å². The topological polar surface area (TPSA) is 17.8 Å². The molecule has 0 aliphatic heterocycles. The second-order valence-electron chi connectivity index (χ2n) is 6.06. The Bertz CT molecular complexity index is 1040. The second kappa shape index (κ2) is 6.92. The third kappa shape index (κ3) is 3.14. The van der Waals surface area contributed by atoms with Gasteiger partial charge in [0.1, 0.15) is 11.6 Å². The minimum Gasteiger partial charge on any atom is -0.333 e. The Morgan fingerprint density at radius 1 is 0.846 bits per heavy atom. The molecule has 0 radical (unpaired) electrons. The Hall–Kier alpha value is -3.27. The summed E-state index contributed by atoms with van der Waals surface area (Å²) in [7, 11) is 0. The van der Waals surface area contributed by atoms with E-state index in [-0.39, 0.29) is 11.6 Å². The van der Waals surface area contributed by atoms with E-state index in [0.29, 0.717) is 12.1 Å². The van der Waals surface area contributed by atoms with Crippen molar-refractivity contribution in [1.82, 2.24) is 9.55 Å². The Balaban J connectivity index is 1.95. The van der Waals surface area contributed by atoms with Crippen molar-refractivity contribution in [3.8, 4) is 22.3 Å². The molecule has 4 aromatic rings. The normalized spacial score (nSPS) is 10.8. The Morgan fingerprint density at radius 3 is 2.42 bits per heavy atom. The fourth-order valence-electron chi connectivity index (χ4n) is 3.20. The molecule has 2 nitrogen and oxygen atoms in total. The van der Waals surface area contributed by atoms with E-state index in [1.807, 2.05) is 35.0 Å². The molecule has 0 unspecified atom stereocenters. The number of imidazole rings is 1. The second-order valence-corrected chi connectivity index (χ2v) is 6.06. The number of halogens is 2. The number of hydrogen-bond donors (Lipinski definition) is 0. The van der Waals surface area contributed by atoms with Crippen LogP contribution < -0.4 is 0 Å². The van der Waals surface area contributed by atoms with Gasteiger partial charge in [0.05, 0.1) is 6.33 Å². The highest BCUT2D eigenvalue weighted by Crippen LogP contribution is 2.36. The SMILES string of the molecule is Fc1cccc(-c2c(Cn3ccnc3)cccc2-c2ccccc2F)c1. The average molecular weight is 346 g/mol. The number of benzene rings is 3. The van der Waals surface area contributed by atoms with Gasteiger partial charge in [-0.2, -0.15) is 0 Å². The molecule has 128 valence electrons. The first-order chi connectivity index (χ1) is 12.7. The lowest BCUT2D eigenvalue weighted by molar-refractivity contribution is 0.628. The van der Waals surface area contributed by atoms with Crippen LogP contribution in [-0.2, 0) is 6.54 Å². The first kappa shape index (κ1) is 16.2. The quantitative estimate of drug-likeness (QED) is 0.474. The van der Waals surface area contributed by atoms with Crippen molar-refractivity contribution in [2.45, 2.75) is 6.54 Å². The predicted molar refractivity (Wildman–Crippen MR) is 98.6 cm³/mol. The lowest BCUT2D eigenvalue weighted by Gasteiger charge is -2.17. The summed E-state index contributed by atoms with van der Waals surface area (Å²) in [5.74, 6) is -0.621. The maximum absolute atomic E-state index is 14.5. The Morgan fingerprint density at radius 2 is 1.65 bits per heavy atom. The zero-order valence-corrected chi connectivity index (χ0v) is 13.9. The van der Waals surface area contributed by atoms with Crippen molar-refractivity contribution in [2.24, 2.45) is 0 Å². The molecule has 0 amide bonds. The molecule has 0 aliphatic rings. The molecule has 26 heavy (non-hydrogen) atoms. The smallest absolute Gasteiger partial charge is 0.131 e. The molecular formula is C22H16F2N2. The fourth-order valence-corrected chi connectivity index (χ4v) is 3.20. The molecular weight excluding hydrogens is 330 g/mol. The molecule has 0 saturated carbocycles. The monoisotopic (exact) mass is 346 g/mol. The fraction of sp³-hybridized carbons (Fsp3) is 0.0455. The zero-order chi connectivity index (χ0) is 17.9. The van der Waals surface area contributed by atoms with E-state index in [0.717, 1.165) is 22.3 Å². The summed E-state index contributed by atoms with van der Waals surface area (Å²) in [5, 5.41) is 0. The van der Waals surface area contributed by atoms with E-state index in [1.165, 1.54) is 18.2 Å². The maximum atomic E-state index is 14.5. The van der Waals surface area contributed by atoms with Gasteiger partial charge in [-0.15, -0.1) is 0 Å². The molecule has 0 bridgehead atoms. The largest absolute Gasteiger partial charge is 0.333 e. The number of hydrogen-bond acceptors (Lipinski definition) is 1. The molecule has 0 atom stereocenters. The minimum absolute atomic E-state index is 0.301. The maximum Gasteiger partial charge on any atom is 0.131 e. The minimum atomic E-state index is -0.320. The molecule has 0 saturated heterocycles. The highest BCUT2D eigenvalue weighted by atomic mass is 19.1. The number of nitrogens with zero attached hydrogens (tertiary/aromatic N) is 2. The van der Waals surface area contributed by atoms with E-state index in [9.17, 15) is 8.78 Å². The van der Waals surface area contributed by atoms with Gasteiger partial charge >= 0.3 is 0 Å². The van der Waals surface area contributed by atoms with Gasteiger partial charge < -0.3 is 4.57 Å². The molecule has 1 aromatic heterocycles. The van der Waals surface area contributed by atoms with E-state index in [2.05, 4.69) is 4.98 Å². The third-order valence-electron chi connectivity index (χ3n) is 4.34.